The molecule has 0 bridgehead atoms. The molecule has 0 aromatic carbocycles. The van der Waals surface area contributed by atoms with Crippen LogP contribution in [-0.4, -0.2) is 20.2 Å². The van der Waals surface area contributed by atoms with E-state index in [2.05, 4.69) is 20.2 Å². The number of rotatable bonds is 3. The zero-order valence-electron chi connectivity index (χ0n) is 8.27. The van der Waals surface area contributed by atoms with Crippen molar-refractivity contribution < 1.29 is 0 Å². The molecule has 0 spiro atoms. The van der Waals surface area contributed by atoms with Crippen LogP contribution in [0.3, 0.4) is 0 Å². The number of nitrogens with two attached hydrogens (primary N) is 1. The summed E-state index contributed by atoms with van der Waals surface area (Å²) in [4.78, 5) is 8.21. The minimum atomic E-state index is 0.539. The fourth-order valence-electron chi connectivity index (χ4n) is 1.06. The molecule has 15 heavy (non-hydrogen) atoms. The molecule has 0 saturated heterocycles. The van der Waals surface area contributed by atoms with Crippen LogP contribution < -0.4 is 5.73 Å². The first-order chi connectivity index (χ1) is 7.24. The number of aryl methyl sites for hydroxylation is 1. The van der Waals surface area contributed by atoms with Gasteiger partial charge in [0.15, 0.2) is 0 Å². The average Bonchev–Trinajstić information content (AvgIpc) is 2.64. The van der Waals surface area contributed by atoms with Crippen molar-refractivity contribution >= 4 is 17.6 Å². The summed E-state index contributed by atoms with van der Waals surface area (Å²) in [6.07, 6.45) is 1.77. The Hall–Kier alpha value is -1.56. The van der Waals surface area contributed by atoms with Gasteiger partial charge in [-0.15, -0.1) is 5.10 Å². The summed E-state index contributed by atoms with van der Waals surface area (Å²) in [5.41, 5.74) is 6.60. The van der Waals surface area contributed by atoms with Crippen LogP contribution >= 0.6 is 11.8 Å². The molecule has 0 unspecified atom stereocenters. The molecule has 2 rings (SSSR count). The van der Waals surface area contributed by atoms with Crippen molar-refractivity contribution in [3.05, 3.63) is 29.7 Å². The van der Waals surface area contributed by atoms with Gasteiger partial charge in [-0.2, -0.15) is 0 Å². The van der Waals surface area contributed by atoms with Gasteiger partial charge in [-0.25, -0.2) is 9.97 Å². The molecule has 0 fully saturated rings. The van der Waals surface area contributed by atoms with Gasteiger partial charge in [-0.05, 0) is 18.6 Å². The standard InChI is InChI=1S/C9H11N5S/c1-6-12-9(14-13-6)15-5-7-2-3-8(10)11-4-7/h2-4H,5H2,1H3,(H2,10,11)(H,12,13,14). The van der Waals surface area contributed by atoms with Gasteiger partial charge in [0.1, 0.15) is 11.6 Å². The first-order valence-electron chi connectivity index (χ1n) is 4.46. The smallest absolute Gasteiger partial charge is 0.208 e. The minimum Gasteiger partial charge on any atom is -0.384 e. The van der Waals surface area contributed by atoms with Gasteiger partial charge in [-0.1, -0.05) is 17.8 Å². The van der Waals surface area contributed by atoms with Gasteiger partial charge in [0.2, 0.25) is 5.16 Å². The third-order valence-corrected chi connectivity index (χ3v) is 2.71. The number of hydrogen-bond acceptors (Lipinski definition) is 5. The third-order valence-electron chi connectivity index (χ3n) is 1.79. The van der Waals surface area contributed by atoms with E-state index in [0.717, 1.165) is 22.3 Å². The number of aromatic nitrogens is 4. The Morgan fingerprint density at radius 3 is 2.93 bits per heavy atom. The third kappa shape index (κ3) is 2.69. The maximum absolute atomic E-state index is 5.49. The van der Waals surface area contributed by atoms with E-state index in [1.165, 1.54) is 0 Å². The van der Waals surface area contributed by atoms with E-state index in [-0.39, 0.29) is 0 Å². The molecule has 2 heterocycles. The van der Waals surface area contributed by atoms with Crippen LogP contribution in [0.25, 0.3) is 0 Å². The lowest BCUT2D eigenvalue weighted by atomic mass is 10.3. The Kier molecular flexibility index (Phi) is 2.86. The maximum atomic E-state index is 5.49. The Morgan fingerprint density at radius 2 is 2.33 bits per heavy atom. The predicted molar refractivity (Wildman–Crippen MR) is 59.3 cm³/mol. The van der Waals surface area contributed by atoms with E-state index in [0.29, 0.717) is 5.82 Å². The van der Waals surface area contributed by atoms with Crippen LogP contribution in [0.15, 0.2) is 23.5 Å². The predicted octanol–water partition coefficient (Wildman–Crippen LogP) is 1.38. The summed E-state index contributed by atoms with van der Waals surface area (Å²) in [5, 5.41) is 7.58. The summed E-state index contributed by atoms with van der Waals surface area (Å²) in [6.45, 7) is 1.88. The largest absolute Gasteiger partial charge is 0.384 e. The molecule has 0 radical (unpaired) electrons. The molecule has 0 amide bonds. The van der Waals surface area contributed by atoms with Crippen LogP contribution in [0.5, 0.6) is 0 Å². The van der Waals surface area contributed by atoms with Crippen molar-refractivity contribution in [2.24, 2.45) is 0 Å². The Bertz CT molecular complexity index is 436. The molecule has 0 saturated carbocycles. The number of anilines is 1. The number of nitrogen functional groups attached to an aromatic ring is 1. The van der Waals surface area contributed by atoms with Gasteiger partial charge in [-0.3, -0.25) is 5.10 Å². The summed E-state index contributed by atoms with van der Waals surface area (Å²) < 4.78 is 0. The minimum absolute atomic E-state index is 0.539. The highest BCUT2D eigenvalue weighted by molar-refractivity contribution is 7.98. The summed E-state index contributed by atoms with van der Waals surface area (Å²) in [5.74, 6) is 2.16. The van der Waals surface area contributed by atoms with Crippen LogP contribution in [0, 0.1) is 6.92 Å². The molecule has 5 nitrogen and oxygen atoms in total. The fraction of sp³-hybridized carbons (Fsp3) is 0.222. The van der Waals surface area contributed by atoms with E-state index in [1.807, 2.05) is 13.0 Å². The highest BCUT2D eigenvalue weighted by atomic mass is 32.2. The van der Waals surface area contributed by atoms with Crippen LogP contribution in [0.4, 0.5) is 5.82 Å². The van der Waals surface area contributed by atoms with Gasteiger partial charge >= 0.3 is 0 Å². The Morgan fingerprint density at radius 1 is 1.47 bits per heavy atom. The molecule has 78 valence electrons. The lowest BCUT2D eigenvalue weighted by molar-refractivity contribution is 0.969. The topological polar surface area (TPSA) is 80.5 Å². The van der Waals surface area contributed by atoms with Gasteiger partial charge < -0.3 is 5.73 Å². The average molecular weight is 221 g/mol. The second-order valence-corrected chi connectivity index (χ2v) is 4.03. The number of H-pyrrole nitrogens is 1. The number of hydrogen-bond donors (Lipinski definition) is 2. The number of nitrogens with zero attached hydrogens (tertiary/aromatic N) is 3. The van der Waals surface area contributed by atoms with E-state index in [1.54, 1.807) is 24.0 Å². The van der Waals surface area contributed by atoms with E-state index in [9.17, 15) is 0 Å². The molecule has 2 aromatic rings. The Balaban J connectivity index is 1.96. The quantitative estimate of drug-likeness (QED) is 0.765. The molecule has 6 heteroatoms. The summed E-state index contributed by atoms with van der Waals surface area (Å²) in [6, 6.07) is 3.74. The van der Waals surface area contributed by atoms with E-state index >= 15 is 0 Å². The van der Waals surface area contributed by atoms with Crippen molar-refractivity contribution in [2.75, 3.05) is 5.73 Å². The van der Waals surface area contributed by atoms with Gasteiger partial charge in [0.05, 0.1) is 0 Å². The van der Waals surface area contributed by atoms with E-state index < -0.39 is 0 Å². The summed E-state index contributed by atoms with van der Waals surface area (Å²) >= 11 is 1.57. The molecule has 0 atom stereocenters. The molecule has 0 aliphatic rings. The van der Waals surface area contributed by atoms with Crippen molar-refractivity contribution in [3.8, 4) is 0 Å². The van der Waals surface area contributed by atoms with Gasteiger partial charge in [0.25, 0.3) is 0 Å². The van der Waals surface area contributed by atoms with Crippen molar-refractivity contribution in [1.29, 1.82) is 0 Å². The molecular formula is C9H11N5S. The van der Waals surface area contributed by atoms with Crippen LogP contribution in [-0.2, 0) is 5.75 Å². The molecule has 2 aromatic heterocycles. The zero-order chi connectivity index (χ0) is 10.7. The van der Waals surface area contributed by atoms with Crippen LogP contribution in [0.1, 0.15) is 11.4 Å². The first kappa shape index (κ1) is 9.97. The van der Waals surface area contributed by atoms with Crippen molar-refractivity contribution in [1.82, 2.24) is 20.2 Å². The number of thioether (sulfide) groups is 1. The van der Waals surface area contributed by atoms with E-state index in [4.69, 9.17) is 5.73 Å². The zero-order valence-corrected chi connectivity index (χ0v) is 9.08. The van der Waals surface area contributed by atoms with Crippen molar-refractivity contribution in [3.63, 3.8) is 0 Å². The highest BCUT2D eigenvalue weighted by Gasteiger charge is 2.01. The number of nitrogens with one attached hydrogen (secondary N) is 1. The first-order valence-corrected chi connectivity index (χ1v) is 5.45. The molecule has 0 aliphatic heterocycles. The normalized spacial score (nSPS) is 10.5. The lowest BCUT2D eigenvalue weighted by Crippen LogP contribution is -1.90. The molecular weight excluding hydrogens is 210 g/mol. The highest BCUT2D eigenvalue weighted by Crippen LogP contribution is 2.18. The fourth-order valence-corrected chi connectivity index (χ4v) is 1.83. The van der Waals surface area contributed by atoms with Crippen molar-refractivity contribution in [2.45, 2.75) is 17.8 Å². The maximum Gasteiger partial charge on any atom is 0.208 e. The second kappa shape index (κ2) is 4.31. The number of pyridine rings is 1. The second-order valence-electron chi connectivity index (χ2n) is 3.08. The SMILES string of the molecule is Cc1nc(SCc2ccc(N)nc2)n[nH]1. The van der Waals surface area contributed by atoms with Gasteiger partial charge in [0, 0.05) is 11.9 Å². The number of aromatic amines is 1. The van der Waals surface area contributed by atoms with Crippen LogP contribution in [0.2, 0.25) is 0 Å². The molecule has 0 aliphatic carbocycles. The monoisotopic (exact) mass is 221 g/mol. The molecule has 3 N–H and O–H groups in total. The lowest BCUT2D eigenvalue weighted by Gasteiger charge is -1.97. The Labute approximate surface area is 91.5 Å². The summed E-state index contributed by atoms with van der Waals surface area (Å²) in [7, 11) is 0.